The molecular formula is C24H32O5. The molecule has 0 aromatic rings. The molecule has 4 aliphatic carbocycles. The quantitative estimate of drug-likeness (QED) is 0.389. The molecule has 2 fully saturated rings. The van der Waals surface area contributed by atoms with Crippen LogP contribution >= 0.6 is 0 Å². The van der Waals surface area contributed by atoms with Crippen molar-refractivity contribution >= 4 is 18.0 Å². The summed E-state index contributed by atoms with van der Waals surface area (Å²) in [5, 5.41) is 0. The van der Waals surface area contributed by atoms with Gasteiger partial charge in [0.15, 0.2) is 0 Å². The molecule has 0 aromatic heterocycles. The molecule has 29 heavy (non-hydrogen) atoms. The fraction of sp³-hybridized carbons (Fsp3) is 0.708. The Balaban J connectivity index is 1.58. The van der Waals surface area contributed by atoms with Crippen LogP contribution in [-0.2, 0) is 23.9 Å². The fourth-order valence-corrected chi connectivity index (χ4v) is 7.15. The smallest absolute Gasteiger partial charge is 0.305 e. The zero-order chi connectivity index (χ0) is 20.8. The molecule has 0 aliphatic heterocycles. The third-order valence-corrected chi connectivity index (χ3v) is 8.39. The second kappa shape index (κ2) is 7.73. The molecule has 6 atom stereocenters. The van der Waals surface area contributed by atoms with Gasteiger partial charge in [0.05, 0.1) is 0 Å². The van der Waals surface area contributed by atoms with Crippen LogP contribution in [0.4, 0.5) is 0 Å². The molecule has 0 N–H and O–H groups in total. The molecule has 2 saturated carbocycles. The first-order valence-electron chi connectivity index (χ1n) is 11.0. The van der Waals surface area contributed by atoms with Crippen molar-refractivity contribution in [3.63, 3.8) is 0 Å². The minimum absolute atomic E-state index is 0.0749. The number of fused-ring (bicyclic) bond motifs is 5. The Morgan fingerprint density at radius 3 is 2.66 bits per heavy atom. The van der Waals surface area contributed by atoms with E-state index in [2.05, 4.69) is 6.92 Å². The summed E-state index contributed by atoms with van der Waals surface area (Å²) in [6.07, 6.45) is 10.0. The third kappa shape index (κ3) is 3.47. The maximum atomic E-state index is 12.3. The number of ether oxygens (including phenoxy) is 2. The standard InChI is InChI=1S/C24H32O5/c1-14(26)22-6-7-23-21-10-16(12-25)20-11-17(29-13-28-15(2)27)4-5-18(20)19(21)8-9-24(22,23)3/h11-12,18-19,21-23H,4-10,13H2,1-3H3/t18-,19-,21-,22-,23+,24-/m1/s1. The number of rotatable bonds is 5. The van der Waals surface area contributed by atoms with E-state index in [0.717, 1.165) is 68.1 Å². The first-order chi connectivity index (χ1) is 13.8. The van der Waals surface area contributed by atoms with Crippen LogP contribution in [0.15, 0.2) is 23.0 Å². The van der Waals surface area contributed by atoms with Gasteiger partial charge in [0.25, 0.3) is 0 Å². The predicted molar refractivity (Wildman–Crippen MR) is 107 cm³/mol. The zero-order valence-electron chi connectivity index (χ0n) is 17.7. The topological polar surface area (TPSA) is 69.7 Å². The van der Waals surface area contributed by atoms with Gasteiger partial charge in [-0.15, -0.1) is 0 Å². The van der Waals surface area contributed by atoms with E-state index >= 15 is 0 Å². The maximum absolute atomic E-state index is 12.3. The molecule has 4 rings (SSSR count). The van der Waals surface area contributed by atoms with E-state index in [9.17, 15) is 14.4 Å². The number of allylic oxidation sites excluding steroid dienone is 4. The van der Waals surface area contributed by atoms with E-state index in [-0.39, 0.29) is 24.1 Å². The molecule has 5 nitrogen and oxygen atoms in total. The number of hydrogen-bond acceptors (Lipinski definition) is 5. The number of hydrogen-bond donors (Lipinski definition) is 0. The summed E-state index contributed by atoms with van der Waals surface area (Å²) in [6.45, 7) is 5.37. The lowest BCUT2D eigenvalue weighted by Gasteiger charge is -2.53. The van der Waals surface area contributed by atoms with Crippen molar-refractivity contribution in [1.82, 2.24) is 0 Å². The SMILES string of the molecule is CC(=O)OCOC1=CC2=C(C=O)C[C@@H]3[C@H](CC[C@]4(C)[C@@H](C(C)=O)CC[C@@H]34)[C@H]2CC1. The van der Waals surface area contributed by atoms with Gasteiger partial charge in [0.2, 0.25) is 6.79 Å². The Hall–Kier alpha value is -1.91. The molecule has 0 radical (unpaired) electrons. The van der Waals surface area contributed by atoms with E-state index in [0.29, 0.717) is 29.5 Å². The average molecular weight is 401 g/mol. The van der Waals surface area contributed by atoms with Gasteiger partial charge in [0, 0.05) is 19.3 Å². The minimum Gasteiger partial charge on any atom is -0.462 e. The van der Waals surface area contributed by atoms with Gasteiger partial charge >= 0.3 is 5.97 Å². The van der Waals surface area contributed by atoms with Crippen molar-refractivity contribution < 1.29 is 23.9 Å². The summed E-state index contributed by atoms with van der Waals surface area (Å²) in [4.78, 5) is 35.2. The van der Waals surface area contributed by atoms with E-state index in [1.165, 1.54) is 6.92 Å². The predicted octanol–water partition coefficient (Wildman–Crippen LogP) is 4.36. The Kier molecular flexibility index (Phi) is 5.43. The van der Waals surface area contributed by atoms with E-state index in [1.54, 1.807) is 6.92 Å². The second-order valence-corrected chi connectivity index (χ2v) is 9.68. The lowest BCUT2D eigenvalue weighted by atomic mass is 9.51. The Morgan fingerprint density at radius 2 is 1.97 bits per heavy atom. The van der Waals surface area contributed by atoms with Crippen molar-refractivity contribution in [2.45, 2.75) is 65.7 Å². The fourth-order valence-electron chi connectivity index (χ4n) is 7.15. The van der Waals surface area contributed by atoms with Gasteiger partial charge in [-0.1, -0.05) is 6.92 Å². The average Bonchev–Trinajstić information content (AvgIpc) is 3.04. The molecule has 0 aromatic carbocycles. The molecule has 0 spiro atoms. The van der Waals surface area contributed by atoms with Crippen LogP contribution in [0.3, 0.4) is 0 Å². The number of Topliss-reactive ketones (excluding diaryl/α,β-unsaturated/α-hetero) is 1. The van der Waals surface area contributed by atoms with Gasteiger partial charge in [-0.2, -0.15) is 0 Å². The van der Waals surface area contributed by atoms with Crippen LogP contribution in [0.1, 0.15) is 65.7 Å². The van der Waals surface area contributed by atoms with Crippen LogP contribution in [0.25, 0.3) is 0 Å². The summed E-state index contributed by atoms with van der Waals surface area (Å²) in [5.41, 5.74) is 2.14. The van der Waals surface area contributed by atoms with Crippen LogP contribution < -0.4 is 0 Å². The highest BCUT2D eigenvalue weighted by Gasteiger charge is 2.57. The normalized spacial score (nSPS) is 38.3. The molecule has 0 saturated heterocycles. The number of carbonyl (C=O) groups excluding carboxylic acids is 3. The first-order valence-corrected chi connectivity index (χ1v) is 11.0. The van der Waals surface area contributed by atoms with E-state index in [1.807, 2.05) is 6.08 Å². The number of esters is 1. The van der Waals surface area contributed by atoms with Gasteiger partial charge in [-0.3, -0.25) is 14.4 Å². The third-order valence-electron chi connectivity index (χ3n) is 8.39. The highest BCUT2D eigenvalue weighted by Crippen LogP contribution is 2.63. The summed E-state index contributed by atoms with van der Waals surface area (Å²) < 4.78 is 10.5. The molecule has 0 unspecified atom stereocenters. The van der Waals surface area contributed by atoms with Gasteiger partial charge in [-0.05, 0) is 91.8 Å². The summed E-state index contributed by atoms with van der Waals surface area (Å²) in [6, 6.07) is 0. The van der Waals surface area contributed by atoms with Crippen molar-refractivity contribution in [1.29, 1.82) is 0 Å². The lowest BCUT2D eigenvalue weighted by molar-refractivity contribution is -0.150. The Bertz CT molecular complexity index is 778. The summed E-state index contributed by atoms with van der Waals surface area (Å²) in [5.74, 6) is 2.99. The van der Waals surface area contributed by atoms with E-state index in [4.69, 9.17) is 9.47 Å². The van der Waals surface area contributed by atoms with Crippen LogP contribution in [-0.4, -0.2) is 24.8 Å². The Morgan fingerprint density at radius 1 is 1.17 bits per heavy atom. The number of carbonyl (C=O) groups is 3. The van der Waals surface area contributed by atoms with Crippen molar-refractivity contribution in [2.24, 2.45) is 35.0 Å². The molecular weight excluding hydrogens is 368 g/mol. The van der Waals surface area contributed by atoms with Crippen molar-refractivity contribution in [3.05, 3.63) is 23.0 Å². The monoisotopic (exact) mass is 400 g/mol. The first kappa shape index (κ1) is 20.4. The molecule has 0 bridgehead atoms. The van der Waals surface area contributed by atoms with Crippen LogP contribution in [0, 0.1) is 35.0 Å². The largest absolute Gasteiger partial charge is 0.462 e. The van der Waals surface area contributed by atoms with Crippen molar-refractivity contribution in [2.75, 3.05) is 6.79 Å². The number of ketones is 1. The maximum Gasteiger partial charge on any atom is 0.305 e. The molecule has 0 heterocycles. The summed E-state index contributed by atoms with van der Waals surface area (Å²) in [7, 11) is 0. The molecule has 158 valence electrons. The van der Waals surface area contributed by atoms with E-state index < -0.39 is 0 Å². The molecule has 4 aliphatic rings. The van der Waals surface area contributed by atoms with Gasteiger partial charge < -0.3 is 9.47 Å². The molecule has 0 amide bonds. The van der Waals surface area contributed by atoms with Crippen LogP contribution in [0.2, 0.25) is 0 Å². The minimum atomic E-state index is -0.363. The van der Waals surface area contributed by atoms with Crippen molar-refractivity contribution in [3.8, 4) is 0 Å². The number of aldehydes is 1. The lowest BCUT2D eigenvalue weighted by Crippen LogP contribution is -2.47. The van der Waals surface area contributed by atoms with Gasteiger partial charge in [0.1, 0.15) is 17.8 Å². The zero-order valence-corrected chi connectivity index (χ0v) is 17.7. The summed E-state index contributed by atoms with van der Waals surface area (Å²) >= 11 is 0. The molecule has 5 heteroatoms. The van der Waals surface area contributed by atoms with Gasteiger partial charge in [-0.25, -0.2) is 0 Å². The highest BCUT2D eigenvalue weighted by atomic mass is 16.7. The highest BCUT2D eigenvalue weighted by molar-refractivity contribution is 5.80. The Labute approximate surface area is 172 Å². The second-order valence-electron chi connectivity index (χ2n) is 9.68. The van der Waals surface area contributed by atoms with Crippen LogP contribution in [0.5, 0.6) is 0 Å².